The normalized spacial score (nSPS) is 10.3. The lowest BCUT2D eigenvalue weighted by Crippen LogP contribution is -2.11. The lowest BCUT2D eigenvalue weighted by atomic mass is 9.88. The molecule has 0 saturated carbocycles. The molecule has 0 radical (unpaired) electrons. The van der Waals surface area contributed by atoms with E-state index in [-0.39, 0.29) is 75.3 Å². The molecule has 0 spiro atoms. The quantitative estimate of drug-likeness (QED) is 0.0704. The van der Waals surface area contributed by atoms with Crippen molar-refractivity contribution in [3.8, 4) is 443 Å². The highest BCUT2D eigenvalue weighted by Crippen LogP contribution is 2.40. The summed E-state index contributed by atoms with van der Waals surface area (Å²) in [6, 6.07) is 21.7. The largest absolute Gasteiger partial charge is 0.507 e. The molecule has 8 nitrogen and oxygen atoms in total. The Bertz CT molecular complexity index is 7840. The molecule has 3 unspecified atom stereocenters. The maximum Gasteiger partial charge on any atom is 0.127 e. The number of rotatable bonds is 17. The molecule has 126 heavy (non-hydrogen) atoms. The van der Waals surface area contributed by atoms with Crippen molar-refractivity contribution in [1.29, 1.82) is 0 Å². The van der Waals surface area contributed by atoms with Crippen molar-refractivity contribution in [1.82, 2.24) is 0 Å². The summed E-state index contributed by atoms with van der Waals surface area (Å²) in [5.74, 6) is 190. The van der Waals surface area contributed by atoms with Crippen LogP contribution in [0, 0.1) is 414 Å². The molecule has 3 aliphatic heterocycles. The average molecular weight is 1600 g/mol. The Hall–Kier alpha value is -20.4. The number of phenols is 2. The van der Waals surface area contributed by atoms with Crippen LogP contribution in [0.15, 0.2) is 72.8 Å². The first kappa shape index (κ1) is 91.1. The summed E-state index contributed by atoms with van der Waals surface area (Å²) in [6.07, 6.45) is -0.370. The molecule has 0 amide bonds. The van der Waals surface area contributed by atoms with Crippen LogP contribution in [0.4, 0.5) is 0 Å². The van der Waals surface area contributed by atoms with E-state index in [0.29, 0.717) is 109 Å². The Balaban J connectivity index is 1.30. The van der Waals surface area contributed by atoms with Crippen molar-refractivity contribution in [3.63, 3.8) is 0 Å². The van der Waals surface area contributed by atoms with E-state index in [4.69, 9.17) is 28.4 Å². The van der Waals surface area contributed by atoms with Crippen LogP contribution in [-0.4, -0.2) is 68.2 Å². The molecule has 3 saturated heterocycles. The highest BCUT2D eigenvalue weighted by molar-refractivity contribution is 5.66. The van der Waals surface area contributed by atoms with E-state index in [1.165, 1.54) is 0 Å². The summed E-state index contributed by atoms with van der Waals surface area (Å²) in [5, 5.41) is 26.2. The number of epoxide rings is 3. The van der Waals surface area contributed by atoms with Gasteiger partial charge in [-0.05, 0) is 455 Å². The van der Waals surface area contributed by atoms with Crippen LogP contribution >= 0.6 is 0 Å². The third-order valence-electron chi connectivity index (χ3n) is 15.3. The second-order valence-electron chi connectivity index (χ2n) is 23.8. The maximum atomic E-state index is 13.2. The summed E-state index contributed by atoms with van der Waals surface area (Å²) in [4.78, 5) is 0. The van der Waals surface area contributed by atoms with Crippen molar-refractivity contribution in [2.75, 3.05) is 39.6 Å². The van der Waals surface area contributed by atoms with E-state index in [0.717, 1.165) is 0 Å². The minimum atomic E-state index is -0.272. The van der Waals surface area contributed by atoms with Gasteiger partial charge in [-0.25, -0.2) is 0 Å². The van der Waals surface area contributed by atoms with Gasteiger partial charge in [0.1, 0.15) is 66.9 Å². The SMILES string of the molecule is CC#CC#CC#CC#CC#CC#CC#Cc1ccc(Cc2c(C#CC#CC#CC#CC#CC#CC#CC)ccc(Cc3c(C#CC#CC#CC#CC#CC#CC#CC)ccc(Cc4c(C#CC#CC#CC#CC#CC#CC#CC)ccc(Cc5c(C#CC#CC#CC#CC#CC#CC#CC)cccc5OCC5CO5)c4O)c3OCC3CO3)c2O)c(OCC2CO2)c1. The van der Waals surface area contributed by atoms with Gasteiger partial charge < -0.3 is 38.6 Å². The fraction of sp³-hybridized carbons (Fsp3) is 0.153. The van der Waals surface area contributed by atoms with E-state index in [9.17, 15) is 10.2 Å². The van der Waals surface area contributed by atoms with Gasteiger partial charge in [-0.15, -0.1) is 0 Å². The maximum absolute atomic E-state index is 13.2. The van der Waals surface area contributed by atoms with E-state index >= 15 is 0 Å². The van der Waals surface area contributed by atoms with E-state index in [2.05, 4.69) is 414 Å². The van der Waals surface area contributed by atoms with Crippen molar-refractivity contribution >= 4 is 0 Å². The first-order chi connectivity index (χ1) is 62.3. The Morgan fingerprint density at radius 1 is 0.246 bits per heavy atom. The molecule has 8 heteroatoms. The molecule has 0 aromatic heterocycles. The third-order valence-corrected chi connectivity index (χ3v) is 15.3. The third kappa shape index (κ3) is 36.6. The van der Waals surface area contributed by atoms with Gasteiger partial charge in [0, 0.05) is 75.8 Å². The monoisotopic (exact) mass is 1600 g/mol. The summed E-state index contributed by atoms with van der Waals surface area (Å²) in [7, 11) is 0. The number of benzene rings is 5. The molecule has 3 atom stereocenters. The molecule has 8 rings (SSSR count). The molecule has 2 N–H and O–H groups in total. The van der Waals surface area contributed by atoms with Crippen molar-refractivity contribution in [2.45, 2.75) is 78.6 Å². The number of hydrogen-bond acceptors (Lipinski definition) is 8. The molecular formula is C118H52O8. The molecule has 0 bridgehead atoms. The van der Waals surface area contributed by atoms with Gasteiger partial charge in [0.15, 0.2) is 0 Å². The first-order valence-corrected chi connectivity index (χ1v) is 37.2. The zero-order chi connectivity index (χ0) is 88.4. The standard InChI is InChI=1S/C118H52O8/c1-6-11-16-21-26-31-36-41-46-51-56-61-66-72-98-79-80-103(115(87-98)125-96-108-93-122-108)88-111-100(74-68-63-58-53-48-43-38-33-28-23-18-13-8-3)82-85-105(117(111)120)90-113-102(76-70-65-60-55-50-45-40-35-30-25-20-15-10-5)83-86-106(118(113)126-97-109-94-123-109)91-112-101(75-69-64-59-54-49-44-39-34-29-24-19-14-9-4)81-84-104(116(112)119)89-110-99(77-71-78-114(110)124-95-107-92-121-107)73-67-62-57-52-47-42-37-32-27-22-17-12-7-2/h71,77-87,107-109,119-120H,88-97H2,1-5H3. The Morgan fingerprint density at radius 3 is 0.817 bits per heavy atom. The lowest BCUT2D eigenvalue weighted by molar-refractivity contribution is 0.259. The summed E-state index contributed by atoms with van der Waals surface area (Å²) in [6.45, 7) is 10.5. The van der Waals surface area contributed by atoms with Gasteiger partial charge in [0.25, 0.3) is 0 Å². The van der Waals surface area contributed by atoms with E-state index in [1.807, 2.05) is 42.5 Å². The number of phenolic OH excluding ortho intramolecular Hbond substituents is 2. The summed E-state index contributed by atoms with van der Waals surface area (Å²) < 4.78 is 36.7. The minimum Gasteiger partial charge on any atom is -0.507 e. The first-order valence-electron chi connectivity index (χ1n) is 37.2. The highest BCUT2D eigenvalue weighted by atomic mass is 16.6. The fourth-order valence-corrected chi connectivity index (χ4v) is 9.62. The Labute approximate surface area is 740 Å². The molecule has 3 fully saturated rings. The van der Waals surface area contributed by atoms with Gasteiger partial charge in [-0.1, -0.05) is 89.5 Å². The molecule has 3 aliphatic rings. The van der Waals surface area contributed by atoms with Gasteiger partial charge in [-0.2, -0.15) is 0 Å². The number of ether oxygens (including phenoxy) is 6. The number of aromatic hydroxyl groups is 2. The van der Waals surface area contributed by atoms with E-state index < -0.39 is 0 Å². The zero-order valence-corrected chi connectivity index (χ0v) is 68.1. The molecular weight excluding hydrogens is 1550 g/mol. The highest BCUT2D eigenvalue weighted by Gasteiger charge is 2.29. The second-order valence-corrected chi connectivity index (χ2v) is 23.8. The van der Waals surface area contributed by atoms with Crippen LogP contribution in [0.2, 0.25) is 0 Å². The Morgan fingerprint density at radius 2 is 0.492 bits per heavy atom. The van der Waals surface area contributed by atoms with Crippen LogP contribution < -0.4 is 14.2 Å². The van der Waals surface area contributed by atoms with Gasteiger partial charge in [0.05, 0.1) is 19.8 Å². The predicted octanol–water partition coefficient (Wildman–Crippen LogP) is 8.75. The van der Waals surface area contributed by atoms with Crippen LogP contribution in [-0.2, 0) is 39.9 Å². The summed E-state index contributed by atoms with van der Waals surface area (Å²) >= 11 is 0. The van der Waals surface area contributed by atoms with Crippen molar-refractivity contribution in [2.24, 2.45) is 0 Å². The summed E-state index contributed by atoms with van der Waals surface area (Å²) in [5.41, 5.74) is 6.47. The topological polar surface area (TPSA) is 106 Å². The number of hydrogen-bond donors (Lipinski definition) is 2. The predicted molar refractivity (Wildman–Crippen MR) is 489 cm³/mol. The van der Waals surface area contributed by atoms with Gasteiger partial charge in [-0.3, -0.25) is 0 Å². The molecule has 5 aromatic rings. The molecule has 3 heterocycles. The fourth-order valence-electron chi connectivity index (χ4n) is 9.62. The molecule has 5 aromatic carbocycles. The smallest absolute Gasteiger partial charge is 0.127 e. The molecule has 572 valence electrons. The van der Waals surface area contributed by atoms with E-state index in [1.54, 1.807) is 65.0 Å². The zero-order valence-electron chi connectivity index (χ0n) is 68.1. The second kappa shape index (κ2) is 56.8. The van der Waals surface area contributed by atoms with Gasteiger partial charge >= 0.3 is 0 Å². The van der Waals surface area contributed by atoms with Crippen LogP contribution in [0.25, 0.3) is 0 Å². The van der Waals surface area contributed by atoms with Crippen molar-refractivity contribution in [3.05, 3.63) is 145 Å². The Kier molecular flexibility index (Phi) is 41.1. The van der Waals surface area contributed by atoms with Crippen molar-refractivity contribution < 1.29 is 38.6 Å². The minimum absolute atomic E-state index is 0.0133. The van der Waals surface area contributed by atoms with Gasteiger partial charge in [0.2, 0.25) is 0 Å². The van der Waals surface area contributed by atoms with Crippen LogP contribution in [0.5, 0.6) is 28.7 Å². The average Bonchev–Trinajstić information content (AvgIpc) is 1.65. The van der Waals surface area contributed by atoms with Crippen LogP contribution in [0.3, 0.4) is 0 Å². The lowest BCUT2D eigenvalue weighted by Gasteiger charge is -2.21. The van der Waals surface area contributed by atoms with Crippen LogP contribution in [0.1, 0.15) is 107 Å². The molecule has 0 aliphatic carbocycles.